The fourth-order valence-corrected chi connectivity index (χ4v) is 3.43. The summed E-state index contributed by atoms with van der Waals surface area (Å²) in [5.41, 5.74) is 0. The Morgan fingerprint density at radius 1 is 1.41 bits per heavy atom. The van der Waals surface area contributed by atoms with Crippen molar-refractivity contribution in [3.05, 3.63) is 0 Å². The first-order chi connectivity index (χ1) is 8.15. The van der Waals surface area contributed by atoms with Crippen LogP contribution in [0.4, 0.5) is 0 Å². The number of aliphatic hydroxyl groups is 1. The summed E-state index contributed by atoms with van der Waals surface area (Å²) in [6.07, 6.45) is 3.75. The molecule has 1 amide bonds. The van der Waals surface area contributed by atoms with Crippen LogP contribution in [0.2, 0.25) is 0 Å². The summed E-state index contributed by atoms with van der Waals surface area (Å²) in [5, 5.41) is 8.86. The van der Waals surface area contributed by atoms with Crippen molar-refractivity contribution in [2.75, 3.05) is 24.7 Å². The monoisotopic (exact) mass is 259 g/mol. The zero-order chi connectivity index (χ0) is 12.7. The highest BCUT2D eigenvalue weighted by molar-refractivity contribution is 7.99. The lowest BCUT2D eigenvalue weighted by Crippen LogP contribution is -2.39. The minimum absolute atomic E-state index is 0.163. The minimum atomic E-state index is 0.163. The van der Waals surface area contributed by atoms with E-state index in [0.717, 1.165) is 0 Å². The van der Waals surface area contributed by atoms with Gasteiger partial charge in [-0.05, 0) is 50.5 Å². The number of rotatable bonds is 6. The number of carbonyl (C=O) groups excluding carboxylic acids is 1. The van der Waals surface area contributed by atoms with Gasteiger partial charge in [0.15, 0.2) is 0 Å². The summed E-state index contributed by atoms with van der Waals surface area (Å²) in [6.45, 7) is 4.95. The molecule has 17 heavy (non-hydrogen) atoms. The van der Waals surface area contributed by atoms with E-state index in [1.165, 1.54) is 24.3 Å². The lowest BCUT2D eigenvalue weighted by molar-refractivity contribution is -0.134. The van der Waals surface area contributed by atoms with E-state index in [0.29, 0.717) is 25.3 Å². The molecule has 0 bridgehead atoms. The Morgan fingerprint density at radius 2 is 2.06 bits per heavy atom. The van der Waals surface area contributed by atoms with Gasteiger partial charge >= 0.3 is 0 Å². The lowest BCUT2D eigenvalue weighted by atomic mass is 9.98. The Morgan fingerprint density at radius 3 is 2.59 bits per heavy atom. The van der Waals surface area contributed by atoms with E-state index in [2.05, 4.69) is 0 Å². The molecule has 1 N–H and O–H groups in total. The topological polar surface area (TPSA) is 40.5 Å². The molecule has 3 nitrogen and oxygen atoms in total. The van der Waals surface area contributed by atoms with Gasteiger partial charge < -0.3 is 10.0 Å². The molecule has 100 valence electrons. The highest BCUT2D eigenvalue weighted by atomic mass is 32.2. The first kappa shape index (κ1) is 14.8. The number of thioether (sulfide) groups is 1. The fraction of sp³-hybridized carbons (Fsp3) is 0.923. The van der Waals surface area contributed by atoms with Crippen molar-refractivity contribution in [3.63, 3.8) is 0 Å². The van der Waals surface area contributed by atoms with Gasteiger partial charge in [-0.15, -0.1) is 0 Å². The van der Waals surface area contributed by atoms with E-state index in [-0.39, 0.29) is 18.6 Å². The molecular formula is C13H25NO2S. The molecule has 0 aromatic carbocycles. The van der Waals surface area contributed by atoms with Gasteiger partial charge in [-0.1, -0.05) is 0 Å². The zero-order valence-electron chi connectivity index (χ0n) is 11.0. The maximum atomic E-state index is 12.2. The summed E-state index contributed by atoms with van der Waals surface area (Å²) < 4.78 is 0. The molecule has 0 aliphatic carbocycles. The van der Waals surface area contributed by atoms with Crippen molar-refractivity contribution in [1.29, 1.82) is 0 Å². The largest absolute Gasteiger partial charge is 0.396 e. The van der Waals surface area contributed by atoms with E-state index in [1.54, 1.807) is 0 Å². The van der Waals surface area contributed by atoms with E-state index in [9.17, 15) is 4.79 Å². The average Bonchev–Trinajstić information content (AvgIpc) is 2.30. The Labute approximate surface area is 109 Å². The Bertz CT molecular complexity index is 227. The molecule has 1 aliphatic heterocycles. The molecule has 0 unspecified atom stereocenters. The van der Waals surface area contributed by atoms with Crippen molar-refractivity contribution in [3.8, 4) is 0 Å². The molecule has 1 saturated heterocycles. The van der Waals surface area contributed by atoms with Crippen LogP contribution in [0, 0.1) is 5.92 Å². The molecule has 0 aromatic rings. The SMILES string of the molecule is CC(C)N(CCCO)C(=O)CC1CCSCC1. The Kier molecular flexibility index (Phi) is 6.97. The van der Waals surface area contributed by atoms with Gasteiger partial charge in [-0.2, -0.15) is 11.8 Å². The van der Waals surface area contributed by atoms with Crippen LogP contribution in [-0.2, 0) is 4.79 Å². The van der Waals surface area contributed by atoms with Crippen molar-refractivity contribution in [2.45, 2.75) is 45.6 Å². The van der Waals surface area contributed by atoms with Gasteiger partial charge in [0, 0.05) is 25.6 Å². The molecular weight excluding hydrogens is 234 g/mol. The standard InChI is InChI=1S/C13H25NO2S/c1-11(2)14(6-3-7-15)13(16)10-12-4-8-17-9-5-12/h11-12,15H,3-10H2,1-2H3. The van der Waals surface area contributed by atoms with Gasteiger partial charge in [0.1, 0.15) is 0 Å². The van der Waals surface area contributed by atoms with E-state index in [1.807, 2.05) is 30.5 Å². The number of hydrogen-bond acceptors (Lipinski definition) is 3. The molecule has 1 heterocycles. The quantitative estimate of drug-likeness (QED) is 0.794. The average molecular weight is 259 g/mol. The van der Waals surface area contributed by atoms with Gasteiger partial charge in [0.25, 0.3) is 0 Å². The molecule has 0 saturated carbocycles. The van der Waals surface area contributed by atoms with Crippen LogP contribution in [0.15, 0.2) is 0 Å². The Balaban J connectivity index is 2.40. The van der Waals surface area contributed by atoms with Crippen LogP contribution in [0.25, 0.3) is 0 Å². The molecule has 1 aliphatic rings. The van der Waals surface area contributed by atoms with Gasteiger partial charge in [-0.25, -0.2) is 0 Å². The summed E-state index contributed by atoms with van der Waals surface area (Å²) in [4.78, 5) is 14.1. The van der Waals surface area contributed by atoms with Crippen LogP contribution in [0.1, 0.15) is 39.5 Å². The molecule has 0 spiro atoms. The van der Waals surface area contributed by atoms with Crippen LogP contribution >= 0.6 is 11.8 Å². The van der Waals surface area contributed by atoms with Crippen molar-refractivity contribution in [1.82, 2.24) is 4.90 Å². The Hall–Kier alpha value is -0.220. The molecule has 0 radical (unpaired) electrons. The second kappa shape index (κ2) is 7.98. The van der Waals surface area contributed by atoms with E-state index >= 15 is 0 Å². The summed E-state index contributed by atoms with van der Waals surface area (Å²) in [6, 6.07) is 0.243. The maximum Gasteiger partial charge on any atom is 0.223 e. The van der Waals surface area contributed by atoms with Crippen LogP contribution in [0.5, 0.6) is 0 Å². The third-order valence-corrected chi connectivity index (χ3v) is 4.35. The summed E-state index contributed by atoms with van der Waals surface area (Å²) >= 11 is 2.00. The predicted molar refractivity (Wildman–Crippen MR) is 73.2 cm³/mol. The second-order valence-electron chi connectivity index (χ2n) is 5.02. The molecule has 0 aromatic heterocycles. The van der Waals surface area contributed by atoms with E-state index < -0.39 is 0 Å². The number of nitrogens with zero attached hydrogens (tertiary/aromatic N) is 1. The highest BCUT2D eigenvalue weighted by Crippen LogP contribution is 2.26. The number of carbonyl (C=O) groups is 1. The molecule has 0 atom stereocenters. The fourth-order valence-electron chi connectivity index (χ4n) is 2.23. The third-order valence-electron chi connectivity index (χ3n) is 3.30. The third kappa shape index (κ3) is 5.30. The van der Waals surface area contributed by atoms with Gasteiger partial charge in [0.2, 0.25) is 5.91 Å². The van der Waals surface area contributed by atoms with Gasteiger partial charge in [0.05, 0.1) is 0 Å². The lowest BCUT2D eigenvalue weighted by Gasteiger charge is -2.29. The summed E-state index contributed by atoms with van der Waals surface area (Å²) in [5.74, 6) is 3.26. The normalized spacial score (nSPS) is 17.4. The van der Waals surface area contributed by atoms with E-state index in [4.69, 9.17) is 5.11 Å². The molecule has 4 heteroatoms. The smallest absolute Gasteiger partial charge is 0.223 e. The molecule has 1 fully saturated rings. The summed E-state index contributed by atoms with van der Waals surface area (Å²) in [7, 11) is 0. The number of amides is 1. The number of aliphatic hydroxyl groups excluding tert-OH is 1. The first-order valence-corrected chi connectivity index (χ1v) is 7.78. The number of hydrogen-bond donors (Lipinski definition) is 1. The maximum absolute atomic E-state index is 12.2. The minimum Gasteiger partial charge on any atom is -0.396 e. The van der Waals surface area contributed by atoms with Crippen LogP contribution < -0.4 is 0 Å². The van der Waals surface area contributed by atoms with Crippen molar-refractivity contribution >= 4 is 17.7 Å². The van der Waals surface area contributed by atoms with Crippen LogP contribution in [-0.4, -0.2) is 46.6 Å². The van der Waals surface area contributed by atoms with Crippen molar-refractivity contribution < 1.29 is 9.90 Å². The highest BCUT2D eigenvalue weighted by Gasteiger charge is 2.22. The second-order valence-corrected chi connectivity index (χ2v) is 6.24. The van der Waals surface area contributed by atoms with Gasteiger partial charge in [-0.3, -0.25) is 4.79 Å². The predicted octanol–water partition coefficient (Wildman–Crippen LogP) is 2.14. The zero-order valence-corrected chi connectivity index (χ0v) is 11.8. The first-order valence-electron chi connectivity index (χ1n) is 6.63. The van der Waals surface area contributed by atoms with Crippen LogP contribution in [0.3, 0.4) is 0 Å². The molecule has 1 rings (SSSR count). The van der Waals surface area contributed by atoms with Crippen molar-refractivity contribution in [2.24, 2.45) is 5.92 Å².